The van der Waals surface area contributed by atoms with Gasteiger partial charge in [0.25, 0.3) is 0 Å². The summed E-state index contributed by atoms with van der Waals surface area (Å²) in [5.74, 6) is 0.675. The second-order valence-corrected chi connectivity index (χ2v) is 7.18. The quantitative estimate of drug-likeness (QED) is 0.876. The van der Waals surface area contributed by atoms with Crippen LogP contribution in [0.1, 0.15) is 43.7 Å². The summed E-state index contributed by atoms with van der Waals surface area (Å²) in [5.41, 5.74) is 1.03. The minimum absolute atomic E-state index is 0.0161. The molecule has 0 saturated heterocycles. The van der Waals surface area contributed by atoms with Gasteiger partial charge in [-0.2, -0.15) is 5.26 Å². The number of hydrogen-bond acceptors (Lipinski definition) is 3. The van der Waals surface area contributed by atoms with Crippen molar-refractivity contribution in [1.82, 2.24) is 4.72 Å². The molecule has 0 radical (unpaired) electrons. The molecule has 0 aromatic heterocycles. The monoisotopic (exact) mass is 292 g/mol. The highest BCUT2D eigenvalue weighted by Gasteiger charge is 2.28. The summed E-state index contributed by atoms with van der Waals surface area (Å²) in [4.78, 5) is 0.214. The molecule has 5 heteroatoms. The van der Waals surface area contributed by atoms with E-state index >= 15 is 0 Å². The van der Waals surface area contributed by atoms with E-state index in [0.717, 1.165) is 12.8 Å². The summed E-state index contributed by atoms with van der Waals surface area (Å²) in [6.07, 6.45) is 4.11. The topological polar surface area (TPSA) is 70.0 Å². The Balaban J connectivity index is 2.22. The van der Waals surface area contributed by atoms with Gasteiger partial charge < -0.3 is 0 Å². The van der Waals surface area contributed by atoms with Crippen molar-refractivity contribution >= 4 is 10.0 Å². The van der Waals surface area contributed by atoms with E-state index in [9.17, 15) is 8.42 Å². The molecular formula is C15H20N2O2S. The summed E-state index contributed by atoms with van der Waals surface area (Å²) in [6, 6.07) is 6.72. The Morgan fingerprint density at radius 3 is 2.70 bits per heavy atom. The Bertz CT molecular complexity index is 628. The van der Waals surface area contributed by atoms with E-state index in [1.54, 1.807) is 19.1 Å². The number of benzene rings is 1. The van der Waals surface area contributed by atoms with Crippen LogP contribution >= 0.6 is 0 Å². The summed E-state index contributed by atoms with van der Waals surface area (Å²) < 4.78 is 27.7. The van der Waals surface area contributed by atoms with Gasteiger partial charge in [0.05, 0.1) is 16.5 Å². The number of hydrogen-bond donors (Lipinski definition) is 1. The lowest BCUT2D eigenvalue weighted by Crippen LogP contribution is -2.35. The Kier molecular flexibility index (Phi) is 4.46. The number of aryl methyl sites for hydroxylation is 1. The molecule has 20 heavy (non-hydrogen) atoms. The maximum Gasteiger partial charge on any atom is 0.241 e. The van der Waals surface area contributed by atoms with Gasteiger partial charge in [0, 0.05) is 6.04 Å². The molecule has 108 valence electrons. The lowest BCUT2D eigenvalue weighted by Gasteiger charge is -2.17. The second kappa shape index (κ2) is 5.94. The fourth-order valence-corrected chi connectivity index (χ4v) is 3.90. The molecule has 1 unspecified atom stereocenters. The van der Waals surface area contributed by atoms with Crippen LogP contribution in [0, 0.1) is 24.2 Å². The molecular weight excluding hydrogens is 272 g/mol. The van der Waals surface area contributed by atoms with Crippen LogP contribution in [-0.2, 0) is 10.0 Å². The maximum absolute atomic E-state index is 12.5. The van der Waals surface area contributed by atoms with Crippen molar-refractivity contribution in [3.05, 3.63) is 29.3 Å². The van der Waals surface area contributed by atoms with Gasteiger partial charge in [0.1, 0.15) is 0 Å². The number of rotatable bonds is 6. The zero-order chi connectivity index (χ0) is 14.8. The first-order valence-electron chi connectivity index (χ1n) is 6.99. The van der Waals surface area contributed by atoms with Crippen LogP contribution in [0.2, 0.25) is 0 Å². The van der Waals surface area contributed by atoms with Crippen molar-refractivity contribution in [3.8, 4) is 6.07 Å². The summed E-state index contributed by atoms with van der Waals surface area (Å²) in [6.45, 7) is 3.74. The Hall–Kier alpha value is -1.38. The van der Waals surface area contributed by atoms with Crippen LogP contribution in [-0.4, -0.2) is 14.5 Å². The van der Waals surface area contributed by atoms with Gasteiger partial charge in [-0.05, 0) is 43.4 Å². The van der Waals surface area contributed by atoms with Crippen LogP contribution < -0.4 is 4.72 Å². The summed E-state index contributed by atoms with van der Waals surface area (Å²) in [5, 5.41) is 8.91. The minimum atomic E-state index is -3.55. The fraction of sp³-hybridized carbons (Fsp3) is 0.533. The minimum Gasteiger partial charge on any atom is -0.208 e. The van der Waals surface area contributed by atoms with Gasteiger partial charge in [-0.15, -0.1) is 0 Å². The molecule has 1 aliphatic rings. The van der Waals surface area contributed by atoms with Crippen LogP contribution in [0.3, 0.4) is 0 Å². The predicted octanol–water partition coefficient (Wildman–Crippen LogP) is 2.72. The fourth-order valence-electron chi connectivity index (χ4n) is 2.30. The number of nitrogens with one attached hydrogen (secondary N) is 1. The zero-order valence-corrected chi connectivity index (χ0v) is 12.7. The zero-order valence-electron chi connectivity index (χ0n) is 11.9. The first kappa shape index (κ1) is 15.0. The Labute approximate surface area is 120 Å². The van der Waals surface area contributed by atoms with Crippen molar-refractivity contribution in [2.75, 3.05) is 0 Å². The molecule has 1 N–H and O–H groups in total. The van der Waals surface area contributed by atoms with E-state index in [-0.39, 0.29) is 10.9 Å². The second-order valence-electron chi connectivity index (χ2n) is 5.50. The molecule has 0 spiro atoms. The first-order valence-corrected chi connectivity index (χ1v) is 8.47. The molecule has 4 nitrogen and oxygen atoms in total. The van der Waals surface area contributed by atoms with E-state index in [2.05, 4.69) is 4.72 Å². The SMILES string of the molecule is CCC(CC1CC1)NS(=O)(=O)c1cc(C#N)ccc1C. The highest BCUT2D eigenvalue weighted by molar-refractivity contribution is 7.89. The van der Waals surface area contributed by atoms with Crippen LogP contribution in [0.15, 0.2) is 23.1 Å². The predicted molar refractivity (Wildman–Crippen MR) is 77.6 cm³/mol. The molecule has 1 fully saturated rings. The van der Waals surface area contributed by atoms with Crippen molar-refractivity contribution < 1.29 is 8.42 Å². The van der Waals surface area contributed by atoms with E-state index in [4.69, 9.17) is 5.26 Å². The third-order valence-electron chi connectivity index (χ3n) is 3.74. The molecule has 1 atom stereocenters. The van der Waals surface area contributed by atoms with Gasteiger partial charge in [-0.3, -0.25) is 0 Å². The van der Waals surface area contributed by atoms with Gasteiger partial charge in [0.2, 0.25) is 10.0 Å². The Morgan fingerprint density at radius 1 is 1.45 bits per heavy atom. The molecule has 0 heterocycles. The molecule has 1 aromatic rings. The van der Waals surface area contributed by atoms with E-state index < -0.39 is 10.0 Å². The smallest absolute Gasteiger partial charge is 0.208 e. The van der Waals surface area contributed by atoms with Crippen molar-refractivity contribution in [1.29, 1.82) is 5.26 Å². The normalized spacial score (nSPS) is 16.6. The van der Waals surface area contributed by atoms with Gasteiger partial charge in [0.15, 0.2) is 0 Å². The van der Waals surface area contributed by atoms with Crippen molar-refractivity contribution in [2.24, 2.45) is 5.92 Å². The van der Waals surface area contributed by atoms with E-state index in [1.807, 2.05) is 13.0 Å². The average Bonchev–Trinajstić information content (AvgIpc) is 3.22. The summed E-state index contributed by atoms with van der Waals surface area (Å²) in [7, 11) is -3.55. The van der Waals surface area contributed by atoms with Crippen molar-refractivity contribution in [3.63, 3.8) is 0 Å². The highest BCUT2D eigenvalue weighted by atomic mass is 32.2. The van der Waals surface area contributed by atoms with Crippen LogP contribution in [0.5, 0.6) is 0 Å². The van der Waals surface area contributed by atoms with Crippen molar-refractivity contribution in [2.45, 2.75) is 50.5 Å². The Morgan fingerprint density at radius 2 is 2.15 bits per heavy atom. The van der Waals surface area contributed by atoms with E-state index in [0.29, 0.717) is 17.0 Å². The molecule has 0 bridgehead atoms. The molecule has 1 saturated carbocycles. The standard InChI is InChI=1S/C15H20N2O2S/c1-3-14(8-12-6-7-12)17-20(18,19)15-9-13(10-16)5-4-11(15)2/h4-5,9,12,14,17H,3,6-8H2,1-2H3. The molecule has 2 rings (SSSR count). The lowest BCUT2D eigenvalue weighted by atomic mass is 10.1. The maximum atomic E-state index is 12.5. The van der Waals surface area contributed by atoms with Gasteiger partial charge in [-0.1, -0.05) is 25.8 Å². The van der Waals surface area contributed by atoms with Crippen LogP contribution in [0.4, 0.5) is 0 Å². The third-order valence-corrected chi connectivity index (χ3v) is 5.40. The van der Waals surface area contributed by atoms with Gasteiger partial charge in [-0.25, -0.2) is 13.1 Å². The number of sulfonamides is 1. The number of nitriles is 1. The first-order chi connectivity index (χ1) is 9.46. The molecule has 0 amide bonds. The summed E-state index contributed by atoms with van der Waals surface area (Å²) >= 11 is 0. The third kappa shape index (κ3) is 3.59. The molecule has 1 aliphatic carbocycles. The van der Waals surface area contributed by atoms with Crippen LogP contribution in [0.25, 0.3) is 0 Å². The number of nitrogens with zero attached hydrogens (tertiary/aromatic N) is 1. The molecule has 0 aliphatic heterocycles. The lowest BCUT2D eigenvalue weighted by molar-refractivity contribution is 0.495. The molecule has 1 aromatic carbocycles. The largest absolute Gasteiger partial charge is 0.241 e. The average molecular weight is 292 g/mol. The van der Waals surface area contributed by atoms with Gasteiger partial charge >= 0.3 is 0 Å². The highest BCUT2D eigenvalue weighted by Crippen LogP contribution is 2.34. The van der Waals surface area contributed by atoms with E-state index in [1.165, 1.54) is 18.9 Å².